The molecule has 132 valence electrons. The number of fused-ring (bicyclic) bond motifs is 1. The molecule has 8 heteroatoms. The van der Waals surface area contributed by atoms with Crippen LogP contribution in [-0.4, -0.2) is 21.6 Å². The highest BCUT2D eigenvalue weighted by molar-refractivity contribution is 6.33. The van der Waals surface area contributed by atoms with E-state index in [-0.39, 0.29) is 17.3 Å². The lowest BCUT2D eigenvalue weighted by Gasteiger charge is -2.12. The quantitative estimate of drug-likeness (QED) is 0.403. The molecule has 0 fully saturated rings. The molecule has 0 amide bonds. The Morgan fingerprint density at radius 2 is 2.07 bits per heavy atom. The van der Waals surface area contributed by atoms with E-state index in [1.165, 1.54) is 30.6 Å². The SMILES string of the molecule is N#CCN/C=C(\C(=N)c1ccc(F)c(Cl)c1)c1ccc2ncc(C#N)n2c1. The van der Waals surface area contributed by atoms with Crippen LogP contribution in [-0.2, 0) is 0 Å². The molecule has 0 atom stereocenters. The number of rotatable bonds is 5. The number of nitrogens with zero attached hydrogens (tertiary/aromatic N) is 4. The van der Waals surface area contributed by atoms with Crippen LogP contribution in [0.5, 0.6) is 0 Å². The van der Waals surface area contributed by atoms with E-state index in [0.717, 1.165) is 0 Å². The highest BCUT2D eigenvalue weighted by Gasteiger charge is 2.14. The summed E-state index contributed by atoms with van der Waals surface area (Å²) in [7, 11) is 0. The molecule has 0 spiro atoms. The van der Waals surface area contributed by atoms with Crippen molar-refractivity contribution >= 4 is 28.5 Å². The Bertz CT molecular complexity index is 1150. The Morgan fingerprint density at radius 3 is 2.78 bits per heavy atom. The van der Waals surface area contributed by atoms with Crippen LogP contribution in [0.2, 0.25) is 5.02 Å². The van der Waals surface area contributed by atoms with Gasteiger partial charge in [-0.3, -0.25) is 9.81 Å². The van der Waals surface area contributed by atoms with Gasteiger partial charge in [0.05, 0.1) is 23.0 Å². The van der Waals surface area contributed by atoms with Crippen LogP contribution < -0.4 is 5.32 Å². The van der Waals surface area contributed by atoms with E-state index in [4.69, 9.17) is 22.3 Å². The molecule has 0 saturated carbocycles. The number of halogens is 2. The number of nitriles is 2. The molecule has 0 bridgehead atoms. The summed E-state index contributed by atoms with van der Waals surface area (Å²) in [5, 5.41) is 29.2. The van der Waals surface area contributed by atoms with Crippen molar-refractivity contribution in [3.8, 4) is 12.1 Å². The van der Waals surface area contributed by atoms with Gasteiger partial charge in [0.1, 0.15) is 29.8 Å². The summed E-state index contributed by atoms with van der Waals surface area (Å²) in [6.07, 6.45) is 4.68. The minimum atomic E-state index is -0.570. The first-order valence-electron chi connectivity index (χ1n) is 7.77. The first-order valence-corrected chi connectivity index (χ1v) is 8.15. The zero-order valence-electron chi connectivity index (χ0n) is 13.9. The number of benzene rings is 1. The standard InChI is InChI=1S/C19H12ClFN6/c20-16-7-12(1-3-17(16)21)19(24)15(10-25-6-5-22)13-2-4-18-26-9-14(8-23)27(18)11-13/h1-4,7,9-11,24-25H,6H2/b15-10-,24-19?. The molecule has 0 aliphatic carbocycles. The van der Waals surface area contributed by atoms with Crippen LogP contribution >= 0.6 is 11.6 Å². The molecule has 3 rings (SSSR count). The highest BCUT2D eigenvalue weighted by Crippen LogP contribution is 2.24. The Kier molecular flexibility index (Phi) is 5.16. The molecule has 0 saturated heterocycles. The van der Waals surface area contributed by atoms with Crippen molar-refractivity contribution in [2.75, 3.05) is 6.54 Å². The lowest BCUT2D eigenvalue weighted by atomic mass is 9.97. The van der Waals surface area contributed by atoms with Gasteiger partial charge in [0, 0.05) is 29.1 Å². The van der Waals surface area contributed by atoms with Crippen molar-refractivity contribution in [2.45, 2.75) is 0 Å². The molecule has 0 aliphatic rings. The fourth-order valence-corrected chi connectivity index (χ4v) is 2.71. The van der Waals surface area contributed by atoms with E-state index in [0.29, 0.717) is 28.0 Å². The number of nitrogens with one attached hydrogen (secondary N) is 2. The van der Waals surface area contributed by atoms with Crippen molar-refractivity contribution in [3.63, 3.8) is 0 Å². The minimum Gasteiger partial charge on any atom is -0.378 e. The largest absolute Gasteiger partial charge is 0.378 e. The molecule has 1 aromatic carbocycles. The van der Waals surface area contributed by atoms with Crippen LogP contribution in [0.25, 0.3) is 11.2 Å². The summed E-state index contributed by atoms with van der Waals surface area (Å²) in [5.41, 5.74) is 2.52. The van der Waals surface area contributed by atoms with Gasteiger partial charge in [0.25, 0.3) is 0 Å². The van der Waals surface area contributed by atoms with Crippen molar-refractivity contribution in [1.29, 1.82) is 15.9 Å². The van der Waals surface area contributed by atoms with Crippen molar-refractivity contribution in [1.82, 2.24) is 14.7 Å². The van der Waals surface area contributed by atoms with Crippen LogP contribution in [0.4, 0.5) is 4.39 Å². The van der Waals surface area contributed by atoms with E-state index in [1.54, 1.807) is 22.7 Å². The third-order valence-corrected chi connectivity index (χ3v) is 4.13. The van der Waals surface area contributed by atoms with Gasteiger partial charge in [-0.05, 0) is 30.3 Å². The number of aromatic nitrogens is 2. The number of hydrogen-bond acceptors (Lipinski definition) is 5. The number of allylic oxidation sites excluding steroid dienone is 1. The number of imidazole rings is 1. The Morgan fingerprint density at radius 1 is 1.30 bits per heavy atom. The predicted molar refractivity (Wildman–Crippen MR) is 99.7 cm³/mol. The average Bonchev–Trinajstić information content (AvgIpc) is 3.09. The molecular formula is C19H12ClFN6. The summed E-state index contributed by atoms with van der Waals surface area (Å²) in [6, 6.07) is 11.5. The van der Waals surface area contributed by atoms with E-state index < -0.39 is 5.82 Å². The summed E-state index contributed by atoms with van der Waals surface area (Å²) in [4.78, 5) is 4.14. The Hall–Kier alpha value is -3.68. The fourth-order valence-electron chi connectivity index (χ4n) is 2.53. The smallest absolute Gasteiger partial charge is 0.144 e. The zero-order chi connectivity index (χ0) is 19.4. The normalized spacial score (nSPS) is 11.0. The van der Waals surface area contributed by atoms with Gasteiger partial charge in [0.15, 0.2) is 0 Å². The maximum atomic E-state index is 13.5. The molecule has 0 aliphatic heterocycles. The third-order valence-electron chi connectivity index (χ3n) is 3.84. The second-order valence-corrected chi connectivity index (χ2v) is 5.91. The van der Waals surface area contributed by atoms with Crippen LogP contribution in [0.15, 0.2) is 48.9 Å². The summed E-state index contributed by atoms with van der Waals surface area (Å²) < 4.78 is 15.1. The molecule has 27 heavy (non-hydrogen) atoms. The lowest BCUT2D eigenvalue weighted by molar-refractivity contribution is 0.628. The Labute approximate surface area is 159 Å². The van der Waals surface area contributed by atoms with Crippen LogP contribution in [0.1, 0.15) is 16.8 Å². The molecule has 6 nitrogen and oxygen atoms in total. The van der Waals surface area contributed by atoms with E-state index in [2.05, 4.69) is 16.4 Å². The first-order chi connectivity index (χ1) is 13.0. The number of pyridine rings is 1. The maximum Gasteiger partial charge on any atom is 0.144 e. The summed E-state index contributed by atoms with van der Waals surface area (Å²) in [5.74, 6) is -0.570. The topological polar surface area (TPSA) is 101 Å². The average molecular weight is 379 g/mol. The van der Waals surface area contributed by atoms with E-state index in [9.17, 15) is 9.65 Å². The van der Waals surface area contributed by atoms with Crippen molar-refractivity contribution in [2.24, 2.45) is 0 Å². The number of hydrogen-bond donors (Lipinski definition) is 2. The third kappa shape index (κ3) is 3.64. The van der Waals surface area contributed by atoms with E-state index in [1.807, 2.05) is 6.07 Å². The van der Waals surface area contributed by atoms with Gasteiger partial charge >= 0.3 is 0 Å². The monoisotopic (exact) mass is 378 g/mol. The minimum absolute atomic E-state index is 0.0533. The van der Waals surface area contributed by atoms with Crippen LogP contribution in [0.3, 0.4) is 0 Å². The molecule has 3 aromatic rings. The fraction of sp³-hybridized carbons (Fsp3) is 0.0526. The van der Waals surface area contributed by atoms with Gasteiger partial charge in [-0.2, -0.15) is 10.5 Å². The lowest BCUT2D eigenvalue weighted by Crippen LogP contribution is -2.11. The zero-order valence-corrected chi connectivity index (χ0v) is 14.6. The van der Waals surface area contributed by atoms with Gasteiger partial charge in [-0.25, -0.2) is 9.37 Å². The molecule has 2 aromatic heterocycles. The van der Waals surface area contributed by atoms with Gasteiger partial charge in [-0.15, -0.1) is 0 Å². The first kappa shape index (κ1) is 18.1. The van der Waals surface area contributed by atoms with Crippen LogP contribution in [0, 0.1) is 33.9 Å². The summed E-state index contributed by atoms with van der Waals surface area (Å²) in [6.45, 7) is 0.0533. The molecule has 2 N–H and O–H groups in total. The van der Waals surface area contributed by atoms with Gasteiger partial charge in [0.2, 0.25) is 0 Å². The second-order valence-electron chi connectivity index (χ2n) is 5.50. The highest BCUT2D eigenvalue weighted by atomic mass is 35.5. The van der Waals surface area contributed by atoms with Crippen molar-refractivity contribution in [3.05, 3.63) is 76.6 Å². The van der Waals surface area contributed by atoms with E-state index >= 15 is 0 Å². The van der Waals surface area contributed by atoms with Gasteiger partial charge in [-0.1, -0.05) is 11.6 Å². The van der Waals surface area contributed by atoms with Crippen molar-refractivity contribution < 1.29 is 4.39 Å². The summed E-state index contributed by atoms with van der Waals surface area (Å²) >= 11 is 5.84. The molecule has 0 radical (unpaired) electrons. The molecular weight excluding hydrogens is 367 g/mol. The second kappa shape index (κ2) is 7.69. The molecule has 2 heterocycles. The predicted octanol–water partition coefficient (Wildman–Crippen LogP) is 3.52. The maximum absolute atomic E-state index is 13.5. The molecule has 0 unspecified atom stereocenters. The van der Waals surface area contributed by atoms with Gasteiger partial charge < -0.3 is 5.32 Å². The Balaban J connectivity index is 2.10.